The maximum Gasteiger partial charge on any atom is 0.336 e. The van der Waals surface area contributed by atoms with Gasteiger partial charge in [-0.25, -0.2) is 9.78 Å². The summed E-state index contributed by atoms with van der Waals surface area (Å²) in [6.07, 6.45) is 1.65. The molecule has 0 aliphatic rings. The van der Waals surface area contributed by atoms with Crippen molar-refractivity contribution in [2.75, 3.05) is 0 Å². The van der Waals surface area contributed by atoms with E-state index in [1.165, 1.54) is 6.07 Å². The summed E-state index contributed by atoms with van der Waals surface area (Å²) >= 11 is 6.35. The van der Waals surface area contributed by atoms with Crippen LogP contribution < -0.4 is 5.32 Å². The number of carboxylic acid groups (broad SMARTS) is 1. The first kappa shape index (κ1) is 25.2. The molecule has 1 aromatic heterocycles. The highest BCUT2D eigenvalue weighted by Crippen LogP contribution is 2.36. The van der Waals surface area contributed by atoms with Crippen LogP contribution in [0.4, 0.5) is 0 Å². The molecule has 0 spiro atoms. The Labute approximate surface area is 225 Å². The Bertz CT molecular complexity index is 1600. The summed E-state index contributed by atoms with van der Waals surface area (Å²) in [7, 11) is 0. The predicted molar refractivity (Wildman–Crippen MR) is 150 cm³/mol. The molecular weight excluding hydrogens is 498 g/mol. The number of carbonyl (C=O) groups is 2. The monoisotopic (exact) mass is 523 g/mol. The van der Waals surface area contributed by atoms with E-state index < -0.39 is 5.97 Å². The van der Waals surface area contributed by atoms with E-state index in [9.17, 15) is 14.7 Å². The number of hydrogen-bond acceptors (Lipinski definition) is 3. The first-order chi connectivity index (χ1) is 18.4. The van der Waals surface area contributed by atoms with Crippen molar-refractivity contribution in [1.82, 2.24) is 15.3 Å². The van der Waals surface area contributed by atoms with E-state index >= 15 is 0 Å². The average molecular weight is 524 g/mol. The number of fused-ring (bicyclic) bond motifs is 1. The number of aromatic carboxylic acids is 1. The molecule has 0 saturated heterocycles. The van der Waals surface area contributed by atoms with Crippen LogP contribution in [-0.4, -0.2) is 27.0 Å². The van der Waals surface area contributed by atoms with Crippen molar-refractivity contribution >= 4 is 34.5 Å². The van der Waals surface area contributed by atoms with E-state index in [1.54, 1.807) is 24.3 Å². The van der Waals surface area contributed by atoms with Gasteiger partial charge in [0.1, 0.15) is 5.82 Å². The Morgan fingerprint density at radius 3 is 2.39 bits per heavy atom. The molecule has 0 bridgehead atoms. The van der Waals surface area contributed by atoms with E-state index in [0.717, 1.165) is 29.4 Å². The number of nitrogens with zero attached hydrogens (tertiary/aromatic N) is 1. The fourth-order valence-corrected chi connectivity index (χ4v) is 4.83. The lowest BCUT2D eigenvalue weighted by molar-refractivity contribution is 0.0697. The molecule has 0 aliphatic heterocycles. The number of hydrogen-bond donors (Lipinski definition) is 3. The maximum absolute atomic E-state index is 13.2. The molecule has 6 nitrogen and oxygen atoms in total. The van der Waals surface area contributed by atoms with E-state index in [1.807, 2.05) is 60.7 Å². The van der Waals surface area contributed by atoms with Gasteiger partial charge in [0.25, 0.3) is 5.91 Å². The van der Waals surface area contributed by atoms with Crippen LogP contribution >= 0.6 is 11.6 Å². The van der Waals surface area contributed by atoms with Crippen LogP contribution in [0.5, 0.6) is 0 Å². The number of benzene rings is 4. The number of amides is 1. The quantitative estimate of drug-likeness (QED) is 0.196. The van der Waals surface area contributed by atoms with Crippen LogP contribution in [-0.2, 0) is 0 Å². The van der Waals surface area contributed by atoms with E-state index in [-0.39, 0.29) is 23.1 Å². The van der Waals surface area contributed by atoms with Gasteiger partial charge in [-0.05, 0) is 65.6 Å². The number of para-hydroxylation sites is 2. The summed E-state index contributed by atoms with van der Waals surface area (Å²) in [5.74, 6) is -0.871. The lowest BCUT2D eigenvalue weighted by atomic mass is 9.93. The average Bonchev–Trinajstić information content (AvgIpc) is 3.37. The third-order valence-electron chi connectivity index (χ3n) is 6.51. The second kappa shape index (κ2) is 10.9. The van der Waals surface area contributed by atoms with Crippen LogP contribution in [0.2, 0.25) is 5.02 Å². The Morgan fingerprint density at radius 1 is 0.921 bits per heavy atom. The van der Waals surface area contributed by atoms with Gasteiger partial charge < -0.3 is 15.4 Å². The van der Waals surface area contributed by atoms with Gasteiger partial charge in [0, 0.05) is 16.1 Å². The zero-order valence-corrected chi connectivity index (χ0v) is 21.5. The molecule has 190 valence electrons. The second-order valence-corrected chi connectivity index (χ2v) is 9.52. The highest BCUT2D eigenvalue weighted by atomic mass is 35.5. The number of nitrogens with one attached hydrogen (secondary N) is 2. The number of aromatic amines is 1. The minimum atomic E-state index is -1.14. The zero-order valence-electron chi connectivity index (χ0n) is 20.7. The number of rotatable bonds is 8. The molecule has 0 radical (unpaired) electrons. The van der Waals surface area contributed by atoms with Gasteiger partial charge in [-0.2, -0.15) is 0 Å². The zero-order chi connectivity index (χ0) is 26.6. The first-order valence-electron chi connectivity index (χ1n) is 12.4. The molecule has 3 N–H and O–H groups in total. The molecule has 0 aliphatic carbocycles. The topological polar surface area (TPSA) is 95.1 Å². The predicted octanol–water partition coefficient (Wildman–Crippen LogP) is 7.52. The number of aromatic nitrogens is 2. The summed E-state index contributed by atoms with van der Waals surface area (Å²) in [6, 6.07) is 27.3. The van der Waals surface area contributed by atoms with Gasteiger partial charge in [0.2, 0.25) is 0 Å². The number of H-pyrrole nitrogens is 1. The van der Waals surface area contributed by atoms with Crippen molar-refractivity contribution in [2.24, 2.45) is 0 Å². The molecule has 5 aromatic rings. The van der Waals surface area contributed by atoms with Crippen molar-refractivity contribution < 1.29 is 14.7 Å². The normalized spacial score (nSPS) is 11.8. The Hall–Kier alpha value is -4.42. The standard InChI is InChI=1S/C31H26ClN3O3/c1-2-8-26(19-9-4-3-5-10-19)35-30(36)20-13-15-22(25(17-20)31(37)38)24-18-21(32)14-16-23(24)29-33-27-11-6-7-12-28(27)34-29/h3-7,9-18,26H,2,8H2,1H3,(H,33,34)(H,35,36)(H,37,38)/t26-/m1/s1. The van der Waals surface area contributed by atoms with Crippen molar-refractivity contribution in [3.05, 3.63) is 113 Å². The van der Waals surface area contributed by atoms with Crippen molar-refractivity contribution in [3.63, 3.8) is 0 Å². The summed E-state index contributed by atoms with van der Waals surface area (Å²) in [6.45, 7) is 2.06. The number of halogens is 1. The molecule has 38 heavy (non-hydrogen) atoms. The minimum absolute atomic E-state index is 0.00373. The van der Waals surface area contributed by atoms with Gasteiger partial charge in [-0.3, -0.25) is 4.79 Å². The van der Waals surface area contributed by atoms with Crippen molar-refractivity contribution in [1.29, 1.82) is 0 Å². The highest BCUT2D eigenvalue weighted by molar-refractivity contribution is 6.31. The van der Waals surface area contributed by atoms with E-state index in [0.29, 0.717) is 27.5 Å². The minimum Gasteiger partial charge on any atom is -0.478 e. The van der Waals surface area contributed by atoms with E-state index in [2.05, 4.69) is 22.2 Å². The maximum atomic E-state index is 13.2. The SMILES string of the molecule is CCC[C@@H](NC(=O)c1ccc(-c2cc(Cl)ccc2-c2nc3ccccc3[nH]2)c(C(=O)O)c1)c1ccccc1. The van der Waals surface area contributed by atoms with Gasteiger partial charge >= 0.3 is 5.97 Å². The van der Waals surface area contributed by atoms with Crippen LogP contribution in [0, 0.1) is 0 Å². The fourth-order valence-electron chi connectivity index (χ4n) is 4.66. The molecule has 5 rings (SSSR count). The summed E-state index contributed by atoms with van der Waals surface area (Å²) in [4.78, 5) is 33.6. The number of carboxylic acids is 1. The lowest BCUT2D eigenvalue weighted by Crippen LogP contribution is -2.28. The second-order valence-electron chi connectivity index (χ2n) is 9.08. The summed E-state index contributed by atoms with van der Waals surface area (Å²) < 4.78 is 0. The molecule has 7 heteroatoms. The molecule has 0 unspecified atom stereocenters. The third kappa shape index (κ3) is 5.17. The van der Waals surface area contributed by atoms with Gasteiger partial charge in [0.15, 0.2) is 0 Å². The van der Waals surface area contributed by atoms with E-state index in [4.69, 9.17) is 11.6 Å². The molecule has 1 amide bonds. The lowest BCUT2D eigenvalue weighted by Gasteiger charge is -2.19. The van der Waals surface area contributed by atoms with Crippen molar-refractivity contribution in [2.45, 2.75) is 25.8 Å². The van der Waals surface area contributed by atoms with Gasteiger partial charge in [-0.15, -0.1) is 0 Å². The Kier molecular flexibility index (Phi) is 7.24. The van der Waals surface area contributed by atoms with Crippen LogP contribution in [0.25, 0.3) is 33.5 Å². The largest absolute Gasteiger partial charge is 0.478 e. The highest BCUT2D eigenvalue weighted by Gasteiger charge is 2.21. The molecule has 0 saturated carbocycles. The Morgan fingerprint density at radius 2 is 1.66 bits per heavy atom. The van der Waals surface area contributed by atoms with Crippen molar-refractivity contribution in [3.8, 4) is 22.5 Å². The van der Waals surface area contributed by atoms with Crippen LogP contribution in [0.1, 0.15) is 52.1 Å². The van der Waals surface area contributed by atoms with Crippen LogP contribution in [0.3, 0.4) is 0 Å². The Balaban J connectivity index is 1.54. The molecular formula is C31H26ClN3O3. The summed E-state index contributed by atoms with van der Waals surface area (Å²) in [5.41, 5.74) is 4.71. The molecule has 1 heterocycles. The molecule has 4 aromatic carbocycles. The number of imidazole rings is 1. The number of carbonyl (C=O) groups excluding carboxylic acids is 1. The first-order valence-corrected chi connectivity index (χ1v) is 12.8. The van der Waals surface area contributed by atoms with Gasteiger partial charge in [-0.1, -0.05) is 73.5 Å². The smallest absolute Gasteiger partial charge is 0.336 e. The fraction of sp³-hybridized carbons (Fsp3) is 0.129. The third-order valence-corrected chi connectivity index (χ3v) is 6.75. The van der Waals surface area contributed by atoms with Crippen LogP contribution in [0.15, 0.2) is 91.0 Å². The van der Waals surface area contributed by atoms with Gasteiger partial charge in [0.05, 0.1) is 22.6 Å². The summed E-state index contributed by atoms with van der Waals surface area (Å²) in [5, 5.41) is 13.7. The molecule has 0 fully saturated rings. The molecule has 1 atom stereocenters.